The predicted molar refractivity (Wildman–Crippen MR) is 103 cm³/mol. The van der Waals surface area contributed by atoms with Crippen molar-refractivity contribution < 1.29 is 9.53 Å². The smallest absolute Gasteiger partial charge is 0.236 e. The van der Waals surface area contributed by atoms with E-state index in [0.717, 1.165) is 63.5 Å². The van der Waals surface area contributed by atoms with Crippen molar-refractivity contribution >= 4 is 11.6 Å². The molecule has 0 unspecified atom stereocenters. The summed E-state index contributed by atoms with van der Waals surface area (Å²) in [6.07, 6.45) is 2.04. The summed E-state index contributed by atoms with van der Waals surface area (Å²) in [7, 11) is 0. The van der Waals surface area contributed by atoms with Crippen molar-refractivity contribution in [3.8, 4) is 5.75 Å². The topological polar surface area (TPSA) is 36.0 Å². The largest absolute Gasteiger partial charge is 0.492 e. The van der Waals surface area contributed by atoms with Crippen molar-refractivity contribution in [1.29, 1.82) is 0 Å². The number of para-hydroxylation sites is 2. The summed E-state index contributed by atoms with van der Waals surface area (Å²) in [5, 5.41) is 0. The van der Waals surface area contributed by atoms with Gasteiger partial charge in [-0.15, -0.1) is 0 Å². The van der Waals surface area contributed by atoms with Gasteiger partial charge in [0.1, 0.15) is 5.75 Å². The van der Waals surface area contributed by atoms with Crippen LogP contribution in [-0.4, -0.2) is 68.1 Å². The van der Waals surface area contributed by atoms with Gasteiger partial charge in [-0.1, -0.05) is 26.0 Å². The monoisotopic (exact) mass is 347 g/mol. The molecule has 1 aliphatic rings. The van der Waals surface area contributed by atoms with Gasteiger partial charge in [0.15, 0.2) is 0 Å². The van der Waals surface area contributed by atoms with E-state index >= 15 is 0 Å². The Morgan fingerprint density at radius 3 is 2.28 bits per heavy atom. The van der Waals surface area contributed by atoms with Crippen molar-refractivity contribution in [2.24, 2.45) is 0 Å². The zero-order chi connectivity index (χ0) is 18.1. The summed E-state index contributed by atoms with van der Waals surface area (Å²) < 4.78 is 5.75. The molecule has 1 aromatic rings. The molecule has 0 bridgehead atoms. The molecule has 0 atom stereocenters. The summed E-state index contributed by atoms with van der Waals surface area (Å²) in [5.74, 6) is 1.22. The highest BCUT2D eigenvalue weighted by molar-refractivity contribution is 5.78. The Hall–Kier alpha value is -1.75. The minimum absolute atomic E-state index is 0.270. The van der Waals surface area contributed by atoms with Crippen molar-refractivity contribution in [3.63, 3.8) is 0 Å². The minimum Gasteiger partial charge on any atom is -0.492 e. The van der Waals surface area contributed by atoms with Crippen LogP contribution in [0, 0.1) is 0 Å². The van der Waals surface area contributed by atoms with Crippen LogP contribution in [0.5, 0.6) is 5.75 Å². The highest BCUT2D eigenvalue weighted by Crippen LogP contribution is 2.28. The molecule has 1 fully saturated rings. The van der Waals surface area contributed by atoms with Gasteiger partial charge in [0.05, 0.1) is 18.8 Å². The van der Waals surface area contributed by atoms with Gasteiger partial charge in [-0.25, -0.2) is 0 Å². The number of carbonyl (C=O) groups excluding carboxylic acids is 1. The van der Waals surface area contributed by atoms with Gasteiger partial charge in [-0.05, 0) is 31.9 Å². The maximum Gasteiger partial charge on any atom is 0.236 e. The molecule has 2 rings (SSSR count). The second-order valence-electron chi connectivity index (χ2n) is 6.54. The number of nitrogens with zero attached hydrogens (tertiary/aromatic N) is 3. The van der Waals surface area contributed by atoms with Crippen LogP contribution in [0.4, 0.5) is 5.69 Å². The van der Waals surface area contributed by atoms with Crippen molar-refractivity contribution in [1.82, 2.24) is 9.80 Å². The first-order valence-electron chi connectivity index (χ1n) is 9.66. The van der Waals surface area contributed by atoms with Crippen LogP contribution < -0.4 is 9.64 Å². The third-order valence-electron chi connectivity index (χ3n) is 4.58. The molecular weight excluding hydrogens is 314 g/mol. The molecule has 0 saturated carbocycles. The zero-order valence-electron chi connectivity index (χ0n) is 16.0. The lowest BCUT2D eigenvalue weighted by Gasteiger charge is -2.37. The van der Waals surface area contributed by atoms with Gasteiger partial charge in [-0.3, -0.25) is 9.69 Å². The molecule has 25 heavy (non-hydrogen) atoms. The third-order valence-corrected chi connectivity index (χ3v) is 4.58. The summed E-state index contributed by atoms with van der Waals surface area (Å²) in [6, 6.07) is 8.22. The first kappa shape index (κ1) is 19.6. The lowest BCUT2D eigenvalue weighted by atomic mass is 10.2. The third kappa shape index (κ3) is 5.63. The molecule has 1 amide bonds. The van der Waals surface area contributed by atoms with Gasteiger partial charge in [-0.2, -0.15) is 0 Å². The molecule has 140 valence electrons. The van der Waals surface area contributed by atoms with E-state index in [1.165, 1.54) is 0 Å². The summed E-state index contributed by atoms with van der Waals surface area (Å²) >= 11 is 0. The first-order chi connectivity index (χ1) is 12.2. The highest BCUT2D eigenvalue weighted by atomic mass is 16.5. The van der Waals surface area contributed by atoms with Crippen LogP contribution in [0.15, 0.2) is 24.3 Å². The van der Waals surface area contributed by atoms with E-state index in [0.29, 0.717) is 13.2 Å². The van der Waals surface area contributed by atoms with E-state index in [4.69, 9.17) is 4.74 Å². The van der Waals surface area contributed by atoms with Gasteiger partial charge < -0.3 is 14.5 Å². The molecule has 1 saturated heterocycles. The maximum atomic E-state index is 12.5. The number of rotatable bonds is 9. The standard InChI is InChI=1S/C20H33N3O2/c1-4-11-23(12-5-2)20(24)17-21-13-15-22(16-14-21)18-9-7-8-10-19(18)25-6-3/h7-10H,4-6,11-17H2,1-3H3. The average molecular weight is 348 g/mol. The van der Waals surface area contributed by atoms with E-state index in [1.807, 2.05) is 24.0 Å². The molecule has 0 radical (unpaired) electrons. The molecule has 1 aromatic carbocycles. The molecular formula is C20H33N3O2. The lowest BCUT2D eigenvalue weighted by Crippen LogP contribution is -2.50. The van der Waals surface area contributed by atoms with E-state index in [1.54, 1.807) is 0 Å². The van der Waals surface area contributed by atoms with Crippen LogP contribution in [0.1, 0.15) is 33.6 Å². The summed E-state index contributed by atoms with van der Waals surface area (Å²) in [6.45, 7) is 12.9. The fourth-order valence-electron chi connectivity index (χ4n) is 3.34. The van der Waals surface area contributed by atoms with E-state index in [9.17, 15) is 4.79 Å². The zero-order valence-corrected chi connectivity index (χ0v) is 16.0. The molecule has 0 aromatic heterocycles. The Labute approximate surface area is 152 Å². The van der Waals surface area contributed by atoms with Crippen molar-refractivity contribution in [2.45, 2.75) is 33.6 Å². The molecule has 5 heteroatoms. The van der Waals surface area contributed by atoms with Crippen LogP contribution in [0.2, 0.25) is 0 Å². The maximum absolute atomic E-state index is 12.5. The Morgan fingerprint density at radius 1 is 1.04 bits per heavy atom. The number of benzene rings is 1. The van der Waals surface area contributed by atoms with Crippen molar-refractivity contribution in [2.75, 3.05) is 57.3 Å². The molecule has 0 aliphatic carbocycles. The number of piperazine rings is 1. The Bertz CT molecular complexity index is 521. The number of carbonyl (C=O) groups is 1. The number of ether oxygens (including phenoxy) is 1. The predicted octanol–water partition coefficient (Wildman–Crippen LogP) is 2.86. The average Bonchev–Trinajstić information content (AvgIpc) is 2.63. The van der Waals surface area contributed by atoms with Gasteiger partial charge in [0.2, 0.25) is 5.91 Å². The minimum atomic E-state index is 0.270. The number of anilines is 1. The van der Waals surface area contributed by atoms with Crippen LogP contribution in [-0.2, 0) is 4.79 Å². The molecule has 0 N–H and O–H groups in total. The van der Waals surface area contributed by atoms with Crippen LogP contribution in [0.3, 0.4) is 0 Å². The van der Waals surface area contributed by atoms with Crippen LogP contribution in [0.25, 0.3) is 0 Å². The summed E-state index contributed by atoms with van der Waals surface area (Å²) in [4.78, 5) is 19.2. The Morgan fingerprint density at radius 2 is 1.68 bits per heavy atom. The molecule has 1 aliphatic heterocycles. The van der Waals surface area contributed by atoms with E-state index in [-0.39, 0.29) is 5.91 Å². The van der Waals surface area contributed by atoms with E-state index < -0.39 is 0 Å². The molecule has 1 heterocycles. The van der Waals surface area contributed by atoms with Crippen molar-refractivity contribution in [3.05, 3.63) is 24.3 Å². The Balaban J connectivity index is 1.88. The number of amides is 1. The van der Waals surface area contributed by atoms with Crippen LogP contribution >= 0.6 is 0 Å². The fraction of sp³-hybridized carbons (Fsp3) is 0.650. The number of hydrogen-bond acceptors (Lipinski definition) is 4. The molecule has 5 nitrogen and oxygen atoms in total. The van der Waals surface area contributed by atoms with Gasteiger partial charge in [0, 0.05) is 39.3 Å². The quantitative estimate of drug-likeness (QED) is 0.688. The highest BCUT2D eigenvalue weighted by Gasteiger charge is 2.22. The van der Waals surface area contributed by atoms with E-state index in [2.05, 4.69) is 35.8 Å². The normalized spacial score (nSPS) is 15.2. The second kappa shape index (κ2) is 10.3. The SMILES string of the molecule is CCCN(CCC)C(=O)CN1CCN(c2ccccc2OCC)CC1. The van der Waals surface area contributed by atoms with Gasteiger partial charge in [0.25, 0.3) is 0 Å². The summed E-state index contributed by atoms with van der Waals surface area (Å²) in [5.41, 5.74) is 1.16. The molecule has 0 spiro atoms. The van der Waals surface area contributed by atoms with Gasteiger partial charge >= 0.3 is 0 Å². The Kier molecular flexibility index (Phi) is 8.06. The number of hydrogen-bond donors (Lipinski definition) is 0. The first-order valence-corrected chi connectivity index (χ1v) is 9.66. The lowest BCUT2D eigenvalue weighted by molar-refractivity contribution is -0.132. The second-order valence-corrected chi connectivity index (χ2v) is 6.54. The fourth-order valence-corrected chi connectivity index (χ4v) is 3.34.